The molecule has 0 unspecified atom stereocenters. The Morgan fingerprint density at radius 1 is 1.11 bits per heavy atom. The van der Waals surface area contributed by atoms with E-state index < -0.39 is 0 Å². The number of carbonyl (C=O) groups excluding carboxylic acids is 2. The first-order valence-electron chi connectivity index (χ1n) is 6.92. The fraction of sp³-hybridized carbons (Fsp3) is 0.846. The summed E-state index contributed by atoms with van der Waals surface area (Å²) in [5, 5.41) is 0. The number of ether oxygens (including phenoxy) is 2. The Hall–Kier alpha value is -1.30. The van der Waals surface area contributed by atoms with Crippen molar-refractivity contribution in [3.8, 4) is 0 Å². The van der Waals surface area contributed by atoms with Gasteiger partial charge >= 0.3 is 6.09 Å². The molecule has 2 heterocycles. The van der Waals surface area contributed by atoms with E-state index >= 15 is 0 Å². The molecule has 0 aromatic heterocycles. The largest absolute Gasteiger partial charge is 0.450 e. The van der Waals surface area contributed by atoms with E-state index in [0.29, 0.717) is 46.0 Å². The van der Waals surface area contributed by atoms with Crippen LogP contribution in [-0.4, -0.2) is 67.8 Å². The second kappa shape index (κ2) is 5.77. The van der Waals surface area contributed by atoms with E-state index in [1.807, 2.05) is 11.8 Å². The molecule has 0 atom stereocenters. The van der Waals surface area contributed by atoms with E-state index in [1.165, 1.54) is 0 Å². The van der Waals surface area contributed by atoms with Crippen molar-refractivity contribution in [1.29, 1.82) is 0 Å². The van der Waals surface area contributed by atoms with Gasteiger partial charge in [0.1, 0.15) is 0 Å². The zero-order valence-electron chi connectivity index (χ0n) is 11.7. The van der Waals surface area contributed by atoms with Gasteiger partial charge in [-0.1, -0.05) is 6.92 Å². The lowest BCUT2D eigenvalue weighted by molar-refractivity contribution is -0.174. The molecule has 2 rings (SSSR count). The third-order valence-corrected chi connectivity index (χ3v) is 3.98. The van der Waals surface area contributed by atoms with Crippen molar-refractivity contribution < 1.29 is 19.1 Å². The first-order valence-corrected chi connectivity index (χ1v) is 6.92. The number of carbonyl (C=O) groups is 2. The molecule has 2 amide bonds. The van der Waals surface area contributed by atoms with Crippen LogP contribution in [0.4, 0.5) is 4.79 Å². The third-order valence-electron chi connectivity index (χ3n) is 3.98. The molecule has 0 N–H and O–H groups in total. The van der Waals surface area contributed by atoms with Gasteiger partial charge in [0.15, 0.2) is 0 Å². The van der Waals surface area contributed by atoms with Gasteiger partial charge in [0.05, 0.1) is 25.2 Å². The van der Waals surface area contributed by atoms with E-state index in [0.717, 1.165) is 6.42 Å². The van der Waals surface area contributed by atoms with Crippen LogP contribution in [0.1, 0.15) is 20.3 Å². The summed E-state index contributed by atoms with van der Waals surface area (Å²) in [6.07, 6.45) is 0.524. The van der Waals surface area contributed by atoms with Gasteiger partial charge in [0.25, 0.3) is 0 Å². The van der Waals surface area contributed by atoms with Crippen molar-refractivity contribution >= 4 is 12.0 Å². The molecule has 6 heteroatoms. The van der Waals surface area contributed by atoms with Gasteiger partial charge in [-0.05, 0) is 13.3 Å². The van der Waals surface area contributed by atoms with E-state index in [1.54, 1.807) is 11.8 Å². The van der Waals surface area contributed by atoms with E-state index in [4.69, 9.17) is 9.47 Å². The maximum absolute atomic E-state index is 12.4. The van der Waals surface area contributed by atoms with Crippen molar-refractivity contribution in [2.75, 3.05) is 46.0 Å². The highest BCUT2D eigenvalue weighted by Crippen LogP contribution is 2.33. The second-order valence-electron chi connectivity index (χ2n) is 5.10. The standard InChI is InChI=1S/C13H22N2O4/c1-3-13(9-18-10-13)11(16)14-5-7-15(8-6-14)12(17)19-4-2/h3-10H2,1-2H3. The zero-order valence-corrected chi connectivity index (χ0v) is 11.7. The molecule has 6 nitrogen and oxygen atoms in total. The number of amides is 2. The highest BCUT2D eigenvalue weighted by Gasteiger charge is 2.46. The molecule has 0 saturated carbocycles. The topological polar surface area (TPSA) is 59.1 Å². The monoisotopic (exact) mass is 270 g/mol. The van der Waals surface area contributed by atoms with Crippen LogP contribution in [0.25, 0.3) is 0 Å². The quantitative estimate of drug-likeness (QED) is 0.758. The van der Waals surface area contributed by atoms with E-state index in [2.05, 4.69) is 0 Å². The van der Waals surface area contributed by atoms with Gasteiger partial charge in [-0.25, -0.2) is 4.79 Å². The van der Waals surface area contributed by atoms with E-state index in [-0.39, 0.29) is 17.4 Å². The Morgan fingerprint density at radius 3 is 2.11 bits per heavy atom. The van der Waals surface area contributed by atoms with Crippen LogP contribution in [0.3, 0.4) is 0 Å². The average Bonchev–Trinajstić information content (AvgIpc) is 2.38. The van der Waals surface area contributed by atoms with Crippen molar-refractivity contribution in [2.24, 2.45) is 5.41 Å². The molecule has 0 aromatic rings. The summed E-state index contributed by atoms with van der Waals surface area (Å²) in [6, 6.07) is 0. The fourth-order valence-electron chi connectivity index (χ4n) is 2.47. The van der Waals surface area contributed by atoms with Crippen LogP contribution < -0.4 is 0 Å². The predicted octanol–water partition coefficient (Wildman–Crippen LogP) is 0.714. The molecule has 2 saturated heterocycles. The molecule has 2 aliphatic heterocycles. The van der Waals surface area contributed by atoms with Gasteiger partial charge in [-0.2, -0.15) is 0 Å². The Kier molecular flexibility index (Phi) is 4.29. The Morgan fingerprint density at radius 2 is 1.68 bits per heavy atom. The zero-order chi connectivity index (χ0) is 13.9. The van der Waals surface area contributed by atoms with Crippen LogP contribution in [-0.2, 0) is 14.3 Å². The summed E-state index contributed by atoms with van der Waals surface area (Å²) in [4.78, 5) is 27.5. The highest BCUT2D eigenvalue weighted by atomic mass is 16.6. The molecule has 0 spiro atoms. The molecule has 2 fully saturated rings. The van der Waals surface area contributed by atoms with Gasteiger partial charge in [-0.15, -0.1) is 0 Å². The maximum Gasteiger partial charge on any atom is 0.409 e. The smallest absolute Gasteiger partial charge is 0.409 e. The highest BCUT2D eigenvalue weighted by molar-refractivity contribution is 5.84. The number of nitrogens with zero attached hydrogens (tertiary/aromatic N) is 2. The minimum Gasteiger partial charge on any atom is -0.450 e. The molecule has 108 valence electrons. The summed E-state index contributed by atoms with van der Waals surface area (Å²) >= 11 is 0. The van der Waals surface area contributed by atoms with Crippen molar-refractivity contribution in [3.63, 3.8) is 0 Å². The van der Waals surface area contributed by atoms with Gasteiger partial charge in [0, 0.05) is 26.2 Å². The lowest BCUT2D eigenvalue weighted by Crippen LogP contribution is -2.59. The van der Waals surface area contributed by atoms with Crippen molar-refractivity contribution in [3.05, 3.63) is 0 Å². The third kappa shape index (κ3) is 2.68. The first-order chi connectivity index (χ1) is 9.13. The van der Waals surface area contributed by atoms with Crippen LogP contribution >= 0.6 is 0 Å². The number of rotatable bonds is 3. The SMILES string of the molecule is CCOC(=O)N1CCN(C(=O)C2(CC)COC2)CC1. The van der Waals surface area contributed by atoms with Crippen LogP contribution in [0, 0.1) is 5.41 Å². The summed E-state index contributed by atoms with van der Waals surface area (Å²) in [6.45, 7) is 7.51. The summed E-state index contributed by atoms with van der Waals surface area (Å²) < 4.78 is 10.2. The van der Waals surface area contributed by atoms with Gasteiger partial charge < -0.3 is 19.3 Å². The Balaban J connectivity index is 1.86. The van der Waals surface area contributed by atoms with E-state index in [9.17, 15) is 9.59 Å². The number of hydrogen-bond donors (Lipinski definition) is 0. The molecular formula is C13H22N2O4. The average molecular weight is 270 g/mol. The minimum absolute atomic E-state index is 0.171. The summed E-state index contributed by atoms with van der Waals surface area (Å²) in [5.74, 6) is 0.171. The van der Waals surface area contributed by atoms with Gasteiger partial charge in [-0.3, -0.25) is 4.79 Å². The van der Waals surface area contributed by atoms with Crippen LogP contribution in [0.5, 0.6) is 0 Å². The molecule has 2 aliphatic rings. The molecule has 0 aliphatic carbocycles. The first kappa shape index (κ1) is 14.1. The normalized spacial score (nSPS) is 21.8. The minimum atomic E-state index is -0.313. The fourth-order valence-corrected chi connectivity index (χ4v) is 2.47. The number of piperazine rings is 1. The Bertz CT molecular complexity index is 341. The molecular weight excluding hydrogens is 248 g/mol. The lowest BCUT2D eigenvalue weighted by atomic mass is 9.81. The Labute approximate surface area is 113 Å². The number of hydrogen-bond acceptors (Lipinski definition) is 4. The maximum atomic E-state index is 12.4. The summed E-state index contributed by atoms with van der Waals surface area (Å²) in [7, 11) is 0. The predicted molar refractivity (Wildman–Crippen MR) is 68.7 cm³/mol. The molecule has 19 heavy (non-hydrogen) atoms. The molecule has 0 radical (unpaired) electrons. The molecule has 0 bridgehead atoms. The van der Waals surface area contributed by atoms with Crippen molar-refractivity contribution in [1.82, 2.24) is 9.80 Å². The second-order valence-corrected chi connectivity index (χ2v) is 5.10. The lowest BCUT2D eigenvalue weighted by Gasteiger charge is -2.44. The summed E-state index contributed by atoms with van der Waals surface area (Å²) in [5.41, 5.74) is -0.313. The van der Waals surface area contributed by atoms with Crippen LogP contribution in [0.2, 0.25) is 0 Å². The molecule has 0 aromatic carbocycles. The van der Waals surface area contributed by atoms with Crippen LogP contribution in [0.15, 0.2) is 0 Å². The van der Waals surface area contributed by atoms with Gasteiger partial charge in [0.2, 0.25) is 5.91 Å². The van der Waals surface area contributed by atoms with Crippen molar-refractivity contribution in [2.45, 2.75) is 20.3 Å².